The predicted octanol–water partition coefficient (Wildman–Crippen LogP) is 3.95. The second kappa shape index (κ2) is 8.76. The van der Waals surface area contributed by atoms with Crippen LogP contribution < -0.4 is 0 Å². The molecule has 0 atom stereocenters. The standard InChI is InChI=1S/C25H29N5O2S/c1-3-24-22-11-6-19(18-23(22)27-29(24)17-16-28-14-4-5-15-28)25-12-13-26-30(25)20-7-9-21(10-8-20)33(2,31)32/h6-13,18H,3-5,14-17H2,1-2H3. The number of hydrogen-bond donors (Lipinski definition) is 0. The lowest BCUT2D eigenvalue weighted by atomic mass is 10.1. The molecular weight excluding hydrogens is 434 g/mol. The van der Waals surface area contributed by atoms with E-state index in [9.17, 15) is 8.42 Å². The summed E-state index contributed by atoms with van der Waals surface area (Å²) in [5.74, 6) is 0. The molecule has 5 rings (SSSR count). The number of benzene rings is 2. The van der Waals surface area contributed by atoms with Crippen LogP contribution in [0.3, 0.4) is 0 Å². The molecule has 0 spiro atoms. The second-order valence-electron chi connectivity index (χ2n) is 8.70. The zero-order chi connectivity index (χ0) is 23.0. The molecule has 1 fully saturated rings. The molecule has 33 heavy (non-hydrogen) atoms. The van der Waals surface area contributed by atoms with Crippen molar-refractivity contribution in [3.05, 3.63) is 60.4 Å². The molecule has 8 heteroatoms. The summed E-state index contributed by atoms with van der Waals surface area (Å²) in [6.07, 6.45) is 6.52. The van der Waals surface area contributed by atoms with Crippen molar-refractivity contribution >= 4 is 20.7 Å². The Kier molecular flexibility index (Phi) is 5.80. The minimum atomic E-state index is -3.23. The van der Waals surface area contributed by atoms with Crippen molar-refractivity contribution < 1.29 is 8.42 Å². The monoisotopic (exact) mass is 463 g/mol. The van der Waals surface area contributed by atoms with E-state index < -0.39 is 9.84 Å². The van der Waals surface area contributed by atoms with Crippen LogP contribution in [0.25, 0.3) is 27.8 Å². The average Bonchev–Trinajstić information content (AvgIpc) is 3.56. The first kappa shape index (κ1) is 21.9. The fraction of sp³-hybridized carbons (Fsp3) is 0.360. The highest BCUT2D eigenvalue weighted by Gasteiger charge is 2.16. The summed E-state index contributed by atoms with van der Waals surface area (Å²) >= 11 is 0. The number of nitrogens with zero attached hydrogens (tertiary/aromatic N) is 5. The Bertz CT molecular complexity index is 1380. The fourth-order valence-electron chi connectivity index (χ4n) is 4.71. The molecule has 1 aliphatic heterocycles. The summed E-state index contributed by atoms with van der Waals surface area (Å²) in [5.41, 5.74) is 5.05. The molecule has 2 aromatic heterocycles. The quantitative estimate of drug-likeness (QED) is 0.415. The Morgan fingerprint density at radius 1 is 0.970 bits per heavy atom. The molecule has 7 nitrogen and oxygen atoms in total. The van der Waals surface area contributed by atoms with E-state index in [2.05, 4.69) is 39.8 Å². The van der Waals surface area contributed by atoms with Gasteiger partial charge in [0.1, 0.15) is 0 Å². The van der Waals surface area contributed by atoms with Crippen LogP contribution >= 0.6 is 0 Å². The van der Waals surface area contributed by atoms with Gasteiger partial charge in [-0.3, -0.25) is 4.68 Å². The van der Waals surface area contributed by atoms with Crippen molar-refractivity contribution in [3.63, 3.8) is 0 Å². The van der Waals surface area contributed by atoms with E-state index in [1.807, 2.05) is 10.7 Å². The van der Waals surface area contributed by atoms with Gasteiger partial charge in [-0.1, -0.05) is 19.1 Å². The third-order valence-electron chi connectivity index (χ3n) is 6.46. The Morgan fingerprint density at radius 2 is 1.73 bits per heavy atom. The number of sulfone groups is 1. The fourth-order valence-corrected chi connectivity index (χ4v) is 5.34. The van der Waals surface area contributed by atoms with Gasteiger partial charge in [-0.05, 0) is 68.8 Å². The maximum absolute atomic E-state index is 11.8. The van der Waals surface area contributed by atoms with Gasteiger partial charge in [-0.15, -0.1) is 0 Å². The van der Waals surface area contributed by atoms with Crippen molar-refractivity contribution in [1.29, 1.82) is 0 Å². The lowest BCUT2D eigenvalue weighted by Crippen LogP contribution is -2.25. The van der Waals surface area contributed by atoms with Gasteiger partial charge in [0.2, 0.25) is 0 Å². The van der Waals surface area contributed by atoms with Crippen LogP contribution in [0.1, 0.15) is 25.5 Å². The minimum Gasteiger partial charge on any atom is -0.301 e. The summed E-state index contributed by atoms with van der Waals surface area (Å²) in [5, 5.41) is 10.6. The van der Waals surface area contributed by atoms with E-state index >= 15 is 0 Å². The van der Waals surface area contributed by atoms with Crippen LogP contribution in [0, 0.1) is 0 Å². The van der Waals surface area contributed by atoms with E-state index in [1.54, 1.807) is 30.5 Å². The molecule has 0 N–H and O–H groups in total. The number of rotatable bonds is 7. The van der Waals surface area contributed by atoms with Crippen LogP contribution in [-0.4, -0.2) is 58.8 Å². The van der Waals surface area contributed by atoms with Gasteiger partial charge in [-0.25, -0.2) is 13.1 Å². The van der Waals surface area contributed by atoms with Crippen molar-refractivity contribution in [1.82, 2.24) is 24.5 Å². The Labute approximate surface area is 194 Å². The molecule has 0 bridgehead atoms. The van der Waals surface area contributed by atoms with E-state index in [1.165, 1.54) is 43.3 Å². The third kappa shape index (κ3) is 4.32. The first-order valence-electron chi connectivity index (χ1n) is 11.5. The Balaban J connectivity index is 1.47. The molecule has 0 amide bonds. The molecule has 1 aliphatic rings. The van der Waals surface area contributed by atoms with Crippen molar-refractivity contribution in [2.45, 2.75) is 37.6 Å². The number of aromatic nitrogens is 4. The SMILES string of the molecule is CCc1c2ccc(-c3ccnn3-c3ccc(S(C)(=O)=O)cc3)cc2nn1CCN1CCCC1. The first-order chi connectivity index (χ1) is 15.9. The van der Waals surface area contributed by atoms with Gasteiger partial charge in [0.25, 0.3) is 0 Å². The van der Waals surface area contributed by atoms with Crippen LogP contribution in [0.15, 0.2) is 59.6 Å². The summed E-state index contributed by atoms with van der Waals surface area (Å²) in [6.45, 7) is 6.54. The molecule has 0 radical (unpaired) electrons. The Hall–Kier alpha value is -2.97. The van der Waals surface area contributed by atoms with E-state index in [0.717, 1.165) is 42.0 Å². The Morgan fingerprint density at radius 3 is 2.42 bits per heavy atom. The summed E-state index contributed by atoms with van der Waals surface area (Å²) in [4.78, 5) is 2.82. The molecule has 2 aromatic carbocycles. The first-order valence-corrected chi connectivity index (χ1v) is 13.4. The smallest absolute Gasteiger partial charge is 0.175 e. The van der Waals surface area contributed by atoms with Crippen LogP contribution in [0.5, 0.6) is 0 Å². The van der Waals surface area contributed by atoms with Crippen molar-refractivity contribution in [2.24, 2.45) is 0 Å². The van der Waals surface area contributed by atoms with Gasteiger partial charge in [0.15, 0.2) is 9.84 Å². The van der Waals surface area contributed by atoms with Crippen LogP contribution in [-0.2, 0) is 22.8 Å². The minimum absolute atomic E-state index is 0.299. The van der Waals surface area contributed by atoms with Crippen LogP contribution in [0.4, 0.5) is 0 Å². The second-order valence-corrected chi connectivity index (χ2v) is 10.7. The maximum Gasteiger partial charge on any atom is 0.175 e. The lowest BCUT2D eigenvalue weighted by molar-refractivity contribution is 0.314. The van der Waals surface area contributed by atoms with Crippen molar-refractivity contribution in [3.8, 4) is 16.9 Å². The third-order valence-corrected chi connectivity index (χ3v) is 7.59. The number of likely N-dealkylation sites (tertiary alicyclic amines) is 1. The molecule has 1 saturated heterocycles. The number of fused-ring (bicyclic) bond motifs is 1. The van der Waals surface area contributed by atoms with Gasteiger partial charge >= 0.3 is 0 Å². The van der Waals surface area contributed by atoms with Gasteiger partial charge in [0.05, 0.1) is 34.5 Å². The molecule has 0 unspecified atom stereocenters. The normalized spacial score (nSPS) is 15.0. The van der Waals surface area contributed by atoms with Crippen molar-refractivity contribution in [2.75, 3.05) is 25.9 Å². The van der Waals surface area contributed by atoms with Gasteiger partial charge < -0.3 is 4.90 Å². The lowest BCUT2D eigenvalue weighted by Gasteiger charge is -2.15. The average molecular weight is 464 g/mol. The zero-order valence-electron chi connectivity index (χ0n) is 19.1. The maximum atomic E-state index is 11.8. The highest BCUT2D eigenvalue weighted by atomic mass is 32.2. The molecule has 0 saturated carbocycles. The molecular formula is C25H29N5O2S. The zero-order valence-corrected chi connectivity index (χ0v) is 19.9. The van der Waals surface area contributed by atoms with E-state index in [0.29, 0.717) is 4.90 Å². The number of hydrogen-bond acceptors (Lipinski definition) is 5. The molecule has 172 valence electrons. The highest BCUT2D eigenvalue weighted by molar-refractivity contribution is 7.90. The summed E-state index contributed by atoms with van der Waals surface area (Å²) in [7, 11) is -3.23. The van der Waals surface area contributed by atoms with E-state index in [4.69, 9.17) is 5.10 Å². The molecule has 0 aliphatic carbocycles. The number of aryl methyl sites for hydroxylation is 1. The largest absolute Gasteiger partial charge is 0.301 e. The summed E-state index contributed by atoms with van der Waals surface area (Å²) in [6, 6.07) is 15.2. The molecule has 3 heterocycles. The van der Waals surface area contributed by atoms with Gasteiger partial charge in [0, 0.05) is 29.4 Å². The summed E-state index contributed by atoms with van der Waals surface area (Å²) < 4.78 is 27.6. The van der Waals surface area contributed by atoms with Gasteiger partial charge in [-0.2, -0.15) is 10.2 Å². The predicted molar refractivity (Wildman–Crippen MR) is 130 cm³/mol. The topological polar surface area (TPSA) is 73.0 Å². The van der Waals surface area contributed by atoms with E-state index in [-0.39, 0.29) is 0 Å². The highest BCUT2D eigenvalue weighted by Crippen LogP contribution is 2.28. The molecule has 4 aromatic rings. The van der Waals surface area contributed by atoms with Crippen LogP contribution in [0.2, 0.25) is 0 Å².